The Kier molecular flexibility index (Phi) is 5.67. The summed E-state index contributed by atoms with van der Waals surface area (Å²) in [6, 6.07) is 7.53. The number of rotatable bonds is 5. The van der Waals surface area contributed by atoms with Gasteiger partial charge in [-0.25, -0.2) is 0 Å². The second-order valence-electron chi connectivity index (χ2n) is 7.61. The van der Waals surface area contributed by atoms with Crippen LogP contribution in [0.1, 0.15) is 45.6 Å². The number of amides is 3. The van der Waals surface area contributed by atoms with E-state index < -0.39 is 0 Å². The number of carbonyl (C=O) groups is 3. The summed E-state index contributed by atoms with van der Waals surface area (Å²) < 4.78 is 0. The van der Waals surface area contributed by atoms with Crippen LogP contribution in [0.25, 0.3) is 0 Å². The van der Waals surface area contributed by atoms with E-state index in [0.29, 0.717) is 37.3 Å². The van der Waals surface area contributed by atoms with Crippen molar-refractivity contribution >= 4 is 34.7 Å². The highest BCUT2D eigenvalue weighted by atomic mass is 32.1. The number of hydrogen-bond donors (Lipinski definition) is 1. The Morgan fingerprint density at radius 2 is 2.03 bits per heavy atom. The van der Waals surface area contributed by atoms with E-state index in [1.54, 1.807) is 22.3 Å². The molecule has 0 radical (unpaired) electrons. The Hall–Kier alpha value is -2.67. The fourth-order valence-corrected chi connectivity index (χ4v) is 4.87. The summed E-state index contributed by atoms with van der Waals surface area (Å²) in [5.74, 6) is -0.0201. The van der Waals surface area contributed by atoms with Crippen molar-refractivity contribution < 1.29 is 14.4 Å². The summed E-state index contributed by atoms with van der Waals surface area (Å²) in [5.41, 5.74) is 3.28. The van der Waals surface area contributed by atoms with Crippen LogP contribution in [0.3, 0.4) is 0 Å². The zero-order chi connectivity index (χ0) is 20.4. The van der Waals surface area contributed by atoms with E-state index in [2.05, 4.69) is 16.8 Å². The summed E-state index contributed by atoms with van der Waals surface area (Å²) in [6.07, 6.45) is 2.60. The quantitative estimate of drug-likeness (QED) is 0.821. The standard InChI is InChI=1S/C22H25N3O3S/c1-15-17(22(28)25-11-7-19-16(14-25)9-13-29-19)4-2-5-18(15)23-20(26)8-12-24-10-3-6-21(24)27/h2,4-5,9,13H,3,6-8,10-12,14H2,1H3,(H,23,26). The highest BCUT2D eigenvalue weighted by Gasteiger charge is 2.25. The van der Waals surface area contributed by atoms with Crippen LogP contribution in [0.5, 0.6) is 0 Å². The van der Waals surface area contributed by atoms with Crippen molar-refractivity contribution in [1.29, 1.82) is 0 Å². The molecule has 152 valence electrons. The van der Waals surface area contributed by atoms with Gasteiger partial charge in [0.25, 0.3) is 5.91 Å². The lowest BCUT2D eigenvalue weighted by molar-refractivity contribution is -0.128. The molecule has 1 fully saturated rings. The number of carbonyl (C=O) groups excluding carboxylic acids is 3. The van der Waals surface area contributed by atoms with E-state index in [4.69, 9.17) is 0 Å². The first-order valence-corrected chi connectivity index (χ1v) is 10.9. The summed E-state index contributed by atoms with van der Waals surface area (Å²) in [7, 11) is 0. The molecule has 6 nitrogen and oxygen atoms in total. The van der Waals surface area contributed by atoms with Crippen molar-refractivity contribution in [3.63, 3.8) is 0 Å². The van der Waals surface area contributed by atoms with Gasteiger partial charge in [0.05, 0.1) is 0 Å². The molecule has 4 rings (SSSR count). The van der Waals surface area contributed by atoms with Gasteiger partial charge in [-0.3, -0.25) is 14.4 Å². The second-order valence-corrected chi connectivity index (χ2v) is 8.61. The number of likely N-dealkylation sites (tertiary alicyclic amines) is 1. The van der Waals surface area contributed by atoms with Crippen LogP contribution in [0, 0.1) is 6.92 Å². The maximum absolute atomic E-state index is 13.1. The van der Waals surface area contributed by atoms with E-state index in [9.17, 15) is 14.4 Å². The van der Waals surface area contributed by atoms with E-state index >= 15 is 0 Å². The van der Waals surface area contributed by atoms with Crippen molar-refractivity contribution in [2.24, 2.45) is 0 Å². The van der Waals surface area contributed by atoms with Crippen LogP contribution in [0.2, 0.25) is 0 Å². The lowest BCUT2D eigenvalue weighted by Gasteiger charge is -2.28. The largest absolute Gasteiger partial charge is 0.342 e. The zero-order valence-electron chi connectivity index (χ0n) is 16.6. The van der Waals surface area contributed by atoms with Crippen LogP contribution in [0.4, 0.5) is 5.69 Å². The average Bonchev–Trinajstić information content (AvgIpc) is 3.35. The van der Waals surface area contributed by atoms with Gasteiger partial charge in [0.2, 0.25) is 11.8 Å². The van der Waals surface area contributed by atoms with Crippen molar-refractivity contribution in [1.82, 2.24) is 9.80 Å². The van der Waals surface area contributed by atoms with Crippen LogP contribution in [-0.2, 0) is 22.6 Å². The third kappa shape index (κ3) is 4.19. The summed E-state index contributed by atoms with van der Waals surface area (Å²) in [4.78, 5) is 42.1. The van der Waals surface area contributed by atoms with Gasteiger partial charge in [-0.1, -0.05) is 6.07 Å². The molecule has 3 amide bonds. The fraction of sp³-hybridized carbons (Fsp3) is 0.409. The maximum atomic E-state index is 13.1. The third-order valence-electron chi connectivity index (χ3n) is 5.71. The molecule has 2 aliphatic rings. The van der Waals surface area contributed by atoms with Crippen molar-refractivity contribution in [2.45, 2.75) is 39.2 Å². The molecule has 0 bridgehead atoms. The van der Waals surface area contributed by atoms with E-state index in [0.717, 1.165) is 24.9 Å². The minimum Gasteiger partial charge on any atom is -0.342 e. The second kappa shape index (κ2) is 8.37. The zero-order valence-corrected chi connectivity index (χ0v) is 17.4. The lowest BCUT2D eigenvalue weighted by atomic mass is 10.0. The van der Waals surface area contributed by atoms with Crippen LogP contribution >= 0.6 is 11.3 Å². The molecule has 2 aliphatic heterocycles. The molecule has 1 aromatic heterocycles. The Bertz CT molecular complexity index is 953. The van der Waals surface area contributed by atoms with Crippen LogP contribution in [-0.4, -0.2) is 47.2 Å². The van der Waals surface area contributed by atoms with Gasteiger partial charge in [0.15, 0.2) is 0 Å². The van der Waals surface area contributed by atoms with Gasteiger partial charge in [0, 0.05) is 55.1 Å². The fourth-order valence-electron chi connectivity index (χ4n) is 3.98. The molecule has 0 spiro atoms. The molecule has 0 aliphatic carbocycles. The molecule has 1 aromatic carbocycles. The molecule has 29 heavy (non-hydrogen) atoms. The molecule has 3 heterocycles. The van der Waals surface area contributed by atoms with Crippen molar-refractivity contribution in [3.8, 4) is 0 Å². The Morgan fingerprint density at radius 3 is 2.83 bits per heavy atom. The van der Waals surface area contributed by atoms with E-state index in [1.807, 2.05) is 24.0 Å². The molecular formula is C22H25N3O3S. The Morgan fingerprint density at radius 1 is 1.17 bits per heavy atom. The van der Waals surface area contributed by atoms with Gasteiger partial charge in [-0.15, -0.1) is 11.3 Å². The molecule has 1 N–H and O–H groups in total. The third-order valence-corrected chi connectivity index (χ3v) is 6.74. The first kappa shape index (κ1) is 19.6. The van der Waals surface area contributed by atoms with Crippen molar-refractivity contribution in [2.75, 3.05) is 25.0 Å². The highest BCUT2D eigenvalue weighted by molar-refractivity contribution is 7.10. The molecule has 7 heteroatoms. The molecule has 1 saturated heterocycles. The highest BCUT2D eigenvalue weighted by Crippen LogP contribution is 2.27. The Labute approximate surface area is 174 Å². The summed E-state index contributed by atoms with van der Waals surface area (Å²) in [6.45, 7) is 4.40. The molecule has 0 atom stereocenters. The number of fused-ring (bicyclic) bond motifs is 1. The molecular weight excluding hydrogens is 386 g/mol. The minimum absolute atomic E-state index is 0.00175. The lowest BCUT2D eigenvalue weighted by Crippen LogP contribution is -2.35. The molecule has 0 unspecified atom stereocenters. The van der Waals surface area contributed by atoms with Gasteiger partial charge in [-0.05, 0) is 54.5 Å². The molecule has 0 saturated carbocycles. The van der Waals surface area contributed by atoms with Crippen LogP contribution in [0.15, 0.2) is 29.6 Å². The first-order chi connectivity index (χ1) is 14.0. The summed E-state index contributed by atoms with van der Waals surface area (Å²) in [5, 5.41) is 4.99. The number of anilines is 1. The van der Waals surface area contributed by atoms with E-state index in [-0.39, 0.29) is 24.1 Å². The van der Waals surface area contributed by atoms with Gasteiger partial charge >= 0.3 is 0 Å². The Balaban J connectivity index is 1.41. The predicted molar refractivity (Wildman–Crippen MR) is 113 cm³/mol. The predicted octanol–water partition coefficient (Wildman–Crippen LogP) is 3.21. The number of benzene rings is 1. The van der Waals surface area contributed by atoms with E-state index in [1.165, 1.54) is 10.4 Å². The first-order valence-electron chi connectivity index (χ1n) is 10.0. The number of nitrogens with one attached hydrogen (secondary N) is 1. The van der Waals surface area contributed by atoms with Gasteiger partial charge in [0.1, 0.15) is 0 Å². The normalized spacial score (nSPS) is 16.1. The summed E-state index contributed by atoms with van der Waals surface area (Å²) >= 11 is 1.75. The monoisotopic (exact) mass is 411 g/mol. The topological polar surface area (TPSA) is 69.7 Å². The van der Waals surface area contributed by atoms with Crippen LogP contribution < -0.4 is 5.32 Å². The number of nitrogens with zero attached hydrogens (tertiary/aromatic N) is 2. The molecule has 2 aromatic rings. The average molecular weight is 412 g/mol. The number of hydrogen-bond acceptors (Lipinski definition) is 4. The van der Waals surface area contributed by atoms with Crippen molar-refractivity contribution in [3.05, 3.63) is 51.2 Å². The van der Waals surface area contributed by atoms with Gasteiger partial charge in [-0.2, -0.15) is 0 Å². The maximum Gasteiger partial charge on any atom is 0.254 e. The smallest absolute Gasteiger partial charge is 0.254 e. The number of thiophene rings is 1. The minimum atomic E-state index is -0.140. The SMILES string of the molecule is Cc1c(NC(=O)CCN2CCCC2=O)cccc1C(=O)N1CCc2sccc2C1. The van der Waals surface area contributed by atoms with Gasteiger partial charge < -0.3 is 15.1 Å².